The van der Waals surface area contributed by atoms with Gasteiger partial charge in [0.25, 0.3) is 0 Å². The Bertz CT molecular complexity index is 224. The van der Waals surface area contributed by atoms with Crippen molar-refractivity contribution in [2.75, 3.05) is 0 Å². The average molecular weight is 178 g/mol. The molecule has 0 spiro atoms. The van der Waals surface area contributed by atoms with Gasteiger partial charge in [0.2, 0.25) is 0 Å². The van der Waals surface area contributed by atoms with E-state index in [-0.39, 0.29) is 0 Å². The Morgan fingerprint density at radius 3 is 2.54 bits per heavy atom. The summed E-state index contributed by atoms with van der Waals surface area (Å²) in [6.45, 7) is 7.40. The van der Waals surface area contributed by atoms with Crippen LogP contribution in [0.4, 0.5) is 0 Å². The summed E-state index contributed by atoms with van der Waals surface area (Å²) in [4.78, 5) is 0. The van der Waals surface area contributed by atoms with Crippen molar-refractivity contribution in [3.63, 3.8) is 0 Å². The van der Waals surface area contributed by atoms with Crippen molar-refractivity contribution in [1.29, 1.82) is 0 Å². The lowest BCUT2D eigenvalue weighted by molar-refractivity contribution is 0.0232. The Balaban J connectivity index is 2.30. The molecule has 0 nitrogen and oxygen atoms in total. The minimum Gasteiger partial charge on any atom is -0.0882 e. The second-order valence-corrected chi connectivity index (χ2v) is 5.94. The van der Waals surface area contributed by atoms with Gasteiger partial charge in [-0.05, 0) is 42.4 Å². The van der Waals surface area contributed by atoms with Crippen LogP contribution in [-0.4, -0.2) is 0 Å². The predicted molar refractivity (Wildman–Crippen MR) is 57.6 cm³/mol. The molecule has 0 aromatic rings. The van der Waals surface area contributed by atoms with Crippen LogP contribution in [0.1, 0.15) is 52.9 Å². The van der Waals surface area contributed by atoms with Crippen molar-refractivity contribution >= 4 is 0 Å². The van der Waals surface area contributed by atoms with Gasteiger partial charge in [-0.2, -0.15) is 0 Å². The highest BCUT2D eigenvalue weighted by atomic mass is 14.5. The molecule has 2 unspecified atom stereocenters. The topological polar surface area (TPSA) is 0 Å². The smallest absolute Gasteiger partial charge is 0.0128 e. The van der Waals surface area contributed by atoms with E-state index in [1.165, 1.54) is 32.1 Å². The van der Waals surface area contributed by atoms with Gasteiger partial charge in [-0.25, -0.2) is 0 Å². The van der Waals surface area contributed by atoms with Crippen molar-refractivity contribution < 1.29 is 0 Å². The normalized spacial score (nSPS) is 42.8. The van der Waals surface area contributed by atoms with Crippen molar-refractivity contribution in [3.8, 4) is 0 Å². The Kier molecular flexibility index (Phi) is 2.05. The first-order valence-corrected chi connectivity index (χ1v) is 5.71. The van der Waals surface area contributed by atoms with Gasteiger partial charge in [-0.1, -0.05) is 39.3 Å². The molecule has 74 valence electrons. The molecule has 0 saturated heterocycles. The monoisotopic (exact) mass is 178 g/mol. The summed E-state index contributed by atoms with van der Waals surface area (Å²) in [6, 6.07) is 0. The Labute approximate surface area is 82.4 Å². The lowest BCUT2D eigenvalue weighted by Crippen LogP contribution is -2.42. The molecule has 1 saturated carbocycles. The van der Waals surface area contributed by atoms with Crippen molar-refractivity contribution in [1.82, 2.24) is 0 Å². The molecule has 0 radical (unpaired) electrons. The van der Waals surface area contributed by atoms with E-state index in [2.05, 4.69) is 32.9 Å². The van der Waals surface area contributed by atoms with Crippen LogP contribution in [0.15, 0.2) is 12.2 Å². The maximum Gasteiger partial charge on any atom is -0.0128 e. The third kappa shape index (κ3) is 1.45. The van der Waals surface area contributed by atoms with E-state index < -0.39 is 0 Å². The molecule has 0 aliphatic heterocycles. The fourth-order valence-electron chi connectivity index (χ4n) is 3.62. The van der Waals surface area contributed by atoms with Gasteiger partial charge < -0.3 is 0 Å². The molecule has 0 heterocycles. The molecular weight excluding hydrogens is 156 g/mol. The van der Waals surface area contributed by atoms with Gasteiger partial charge in [-0.15, -0.1) is 0 Å². The van der Waals surface area contributed by atoms with Crippen LogP contribution in [-0.2, 0) is 0 Å². The summed E-state index contributed by atoms with van der Waals surface area (Å²) < 4.78 is 0. The summed E-state index contributed by atoms with van der Waals surface area (Å²) in [5.41, 5.74) is 1.17. The molecule has 0 aromatic heterocycles. The molecule has 13 heavy (non-hydrogen) atoms. The van der Waals surface area contributed by atoms with Crippen LogP contribution < -0.4 is 0 Å². The lowest BCUT2D eigenvalue weighted by atomic mass is 9.54. The fraction of sp³-hybridized carbons (Fsp3) is 0.846. The molecule has 2 rings (SSSR count). The standard InChI is InChI=1S/C13H22/c1-12(2)8-6-10-13(3)9-5-4-7-11(12)13/h4,7,11H,5-6,8-10H2,1-3H3. The molecule has 2 aliphatic rings. The quantitative estimate of drug-likeness (QED) is 0.488. The number of allylic oxidation sites excluding steroid dienone is 2. The van der Waals surface area contributed by atoms with Gasteiger partial charge in [0.05, 0.1) is 0 Å². The first kappa shape index (κ1) is 9.30. The fourth-order valence-corrected chi connectivity index (χ4v) is 3.62. The molecule has 0 heteroatoms. The zero-order valence-corrected chi connectivity index (χ0v) is 9.27. The van der Waals surface area contributed by atoms with E-state index in [0.29, 0.717) is 10.8 Å². The van der Waals surface area contributed by atoms with Crippen LogP contribution in [0.2, 0.25) is 0 Å². The SMILES string of the molecule is CC1(C)CCCC2(C)CCC=CC12. The second kappa shape index (κ2) is 2.87. The highest BCUT2D eigenvalue weighted by molar-refractivity contribution is 5.09. The van der Waals surface area contributed by atoms with Crippen LogP contribution in [0.5, 0.6) is 0 Å². The van der Waals surface area contributed by atoms with Crippen LogP contribution >= 0.6 is 0 Å². The summed E-state index contributed by atoms with van der Waals surface area (Å²) in [5.74, 6) is 0.836. The molecule has 2 aliphatic carbocycles. The van der Waals surface area contributed by atoms with E-state index in [1.807, 2.05) is 0 Å². The van der Waals surface area contributed by atoms with Crippen LogP contribution in [0, 0.1) is 16.7 Å². The third-order valence-electron chi connectivity index (χ3n) is 4.37. The third-order valence-corrected chi connectivity index (χ3v) is 4.37. The Morgan fingerprint density at radius 1 is 1.08 bits per heavy atom. The van der Waals surface area contributed by atoms with E-state index >= 15 is 0 Å². The molecule has 0 aromatic carbocycles. The highest BCUT2D eigenvalue weighted by Gasteiger charge is 2.45. The first-order chi connectivity index (χ1) is 6.05. The number of rotatable bonds is 0. The Morgan fingerprint density at radius 2 is 1.85 bits per heavy atom. The van der Waals surface area contributed by atoms with Crippen LogP contribution in [0.25, 0.3) is 0 Å². The van der Waals surface area contributed by atoms with Gasteiger partial charge in [-0.3, -0.25) is 0 Å². The van der Waals surface area contributed by atoms with E-state index in [4.69, 9.17) is 0 Å². The summed E-state index contributed by atoms with van der Waals surface area (Å²) in [6.07, 6.45) is 11.9. The minimum absolute atomic E-state index is 0.546. The second-order valence-electron chi connectivity index (χ2n) is 5.94. The van der Waals surface area contributed by atoms with E-state index in [0.717, 1.165) is 5.92 Å². The van der Waals surface area contributed by atoms with Gasteiger partial charge in [0.15, 0.2) is 0 Å². The van der Waals surface area contributed by atoms with Crippen molar-refractivity contribution in [3.05, 3.63) is 12.2 Å². The zero-order chi connectivity index (χ0) is 9.53. The minimum atomic E-state index is 0.546. The average Bonchev–Trinajstić information content (AvgIpc) is 2.02. The zero-order valence-electron chi connectivity index (χ0n) is 9.27. The number of hydrogen-bond donors (Lipinski definition) is 0. The van der Waals surface area contributed by atoms with Crippen LogP contribution in [0.3, 0.4) is 0 Å². The maximum absolute atomic E-state index is 2.50. The first-order valence-electron chi connectivity index (χ1n) is 5.71. The van der Waals surface area contributed by atoms with Crippen molar-refractivity contribution in [2.45, 2.75) is 52.9 Å². The van der Waals surface area contributed by atoms with E-state index in [1.54, 1.807) is 0 Å². The molecule has 0 amide bonds. The lowest BCUT2D eigenvalue weighted by Gasteiger charge is -2.51. The number of fused-ring (bicyclic) bond motifs is 1. The van der Waals surface area contributed by atoms with Gasteiger partial charge >= 0.3 is 0 Å². The maximum atomic E-state index is 2.50. The molecule has 0 N–H and O–H groups in total. The largest absolute Gasteiger partial charge is 0.0882 e. The molecule has 0 bridgehead atoms. The summed E-state index contributed by atoms with van der Waals surface area (Å²) >= 11 is 0. The summed E-state index contributed by atoms with van der Waals surface area (Å²) in [7, 11) is 0. The predicted octanol–water partition coefficient (Wildman–Crippen LogP) is 4.17. The highest BCUT2D eigenvalue weighted by Crippen LogP contribution is 2.55. The number of hydrogen-bond acceptors (Lipinski definition) is 0. The van der Waals surface area contributed by atoms with E-state index in [9.17, 15) is 0 Å². The molecule has 2 atom stereocenters. The molecular formula is C13H22. The van der Waals surface area contributed by atoms with Gasteiger partial charge in [0.1, 0.15) is 0 Å². The molecule has 1 fully saturated rings. The van der Waals surface area contributed by atoms with Gasteiger partial charge in [0, 0.05) is 0 Å². The summed E-state index contributed by atoms with van der Waals surface area (Å²) in [5, 5.41) is 0. The Hall–Kier alpha value is -0.260. The van der Waals surface area contributed by atoms with Crippen molar-refractivity contribution in [2.24, 2.45) is 16.7 Å².